The van der Waals surface area contributed by atoms with Gasteiger partial charge in [0.1, 0.15) is 28.0 Å². The lowest BCUT2D eigenvalue weighted by atomic mass is 9.94. The number of carbonyl (C=O) groups is 4. The molecule has 0 bridgehead atoms. The van der Waals surface area contributed by atoms with Crippen molar-refractivity contribution in [3.8, 4) is 5.75 Å². The van der Waals surface area contributed by atoms with Gasteiger partial charge in [0.05, 0.1) is 0 Å². The number of nitrogens with two attached hydrogens (primary N) is 1. The molecule has 1 unspecified atom stereocenters. The van der Waals surface area contributed by atoms with Crippen LogP contribution in [-0.2, 0) is 19.2 Å². The van der Waals surface area contributed by atoms with Crippen molar-refractivity contribution in [2.75, 3.05) is 0 Å². The van der Waals surface area contributed by atoms with Crippen LogP contribution in [0.3, 0.4) is 0 Å². The summed E-state index contributed by atoms with van der Waals surface area (Å²) in [6.07, 6.45) is 0. The average molecular weight is 395 g/mol. The number of carboxylic acid groups (broad SMARTS) is 2. The van der Waals surface area contributed by atoms with Crippen molar-refractivity contribution >= 4 is 35.5 Å². The van der Waals surface area contributed by atoms with Gasteiger partial charge >= 0.3 is 11.9 Å². The number of nitrogens with one attached hydrogen (secondary N) is 1. The van der Waals surface area contributed by atoms with Crippen molar-refractivity contribution in [3.05, 3.63) is 29.8 Å². The zero-order valence-corrected chi connectivity index (χ0v) is 14.8. The summed E-state index contributed by atoms with van der Waals surface area (Å²) >= 11 is 0.807. The first-order chi connectivity index (χ1) is 12.6. The van der Waals surface area contributed by atoms with E-state index in [-0.39, 0.29) is 5.75 Å². The number of aromatic hydroxyl groups is 1. The van der Waals surface area contributed by atoms with E-state index in [1.54, 1.807) is 0 Å². The molecule has 5 atom stereocenters. The van der Waals surface area contributed by atoms with Gasteiger partial charge in [-0.15, -0.1) is 11.8 Å². The highest BCUT2D eigenvalue weighted by atomic mass is 32.2. The van der Waals surface area contributed by atoms with Crippen molar-refractivity contribution < 1.29 is 34.5 Å². The lowest BCUT2D eigenvalue weighted by Crippen LogP contribution is -2.71. The Labute approximate surface area is 157 Å². The van der Waals surface area contributed by atoms with Gasteiger partial charge in [-0.05, 0) is 24.6 Å². The maximum atomic E-state index is 12.4. The molecular weight excluding hydrogens is 378 g/mol. The third kappa shape index (κ3) is 2.88. The molecule has 2 aliphatic heterocycles. The Balaban J connectivity index is 1.76. The van der Waals surface area contributed by atoms with Gasteiger partial charge in [-0.3, -0.25) is 14.4 Å². The van der Waals surface area contributed by atoms with Crippen LogP contribution in [0.4, 0.5) is 0 Å². The molecule has 3 rings (SSSR count). The lowest BCUT2D eigenvalue weighted by Gasteiger charge is -2.43. The Bertz CT molecular complexity index is 830. The van der Waals surface area contributed by atoms with E-state index < -0.39 is 52.0 Å². The highest BCUT2D eigenvalue weighted by Gasteiger charge is 2.68. The molecule has 0 spiro atoms. The number of fused-ring (bicyclic) bond motifs is 1. The second-order valence-electron chi connectivity index (χ2n) is 6.46. The second kappa shape index (κ2) is 6.43. The molecule has 2 saturated heterocycles. The molecule has 2 aliphatic rings. The van der Waals surface area contributed by atoms with Gasteiger partial charge in [0.15, 0.2) is 6.04 Å². The zero-order chi connectivity index (χ0) is 20.1. The SMILES string of the molecule is CC1(C(=O)O)S[C@@H]2[C@H](NC(=O)[C@H](N)c3ccc(O)cc3)C(=O)N2[C@H]1C(=O)O. The molecule has 2 amide bonds. The van der Waals surface area contributed by atoms with Crippen LogP contribution in [0.25, 0.3) is 0 Å². The molecule has 11 heteroatoms. The van der Waals surface area contributed by atoms with Crippen LogP contribution in [0.2, 0.25) is 0 Å². The third-order valence-electron chi connectivity index (χ3n) is 4.74. The summed E-state index contributed by atoms with van der Waals surface area (Å²) in [6, 6.07) is 1.94. The monoisotopic (exact) mass is 395 g/mol. The van der Waals surface area contributed by atoms with E-state index in [0.717, 1.165) is 16.7 Å². The van der Waals surface area contributed by atoms with Gasteiger partial charge in [-0.1, -0.05) is 12.1 Å². The van der Waals surface area contributed by atoms with E-state index in [0.29, 0.717) is 5.56 Å². The summed E-state index contributed by atoms with van der Waals surface area (Å²) in [5, 5.41) is 29.7. The van der Waals surface area contributed by atoms with Crippen LogP contribution in [0, 0.1) is 0 Å². The summed E-state index contributed by atoms with van der Waals surface area (Å²) in [7, 11) is 0. The minimum Gasteiger partial charge on any atom is -0.508 e. The smallest absolute Gasteiger partial charge is 0.328 e. The predicted octanol–water partition coefficient (Wildman–Crippen LogP) is -0.912. The number of thioether (sulfide) groups is 1. The number of β-lactam (4-membered cyclic amide) rings is 1. The summed E-state index contributed by atoms with van der Waals surface area (Å²) in [4.78, 5) is 48.8. The van der Waals surface area contributed by atoms with E-state index in [2.05, 4.69) is 5.32 Å². The Hall–Kier alpha value is -2.79. The first-order valence-electron chi connectivity index (χ1n) is 7.89. The summed E-state index contributed by atoms with van der Waals surface area (Å²) in [6.45, 7) is 1.24. The zero-order valence-electron chi connectivity index (χ0n) is 14.0. The van der Waals surface area contributed by atoms with E-state index in [4.69, 9.17) is 5.73 Å². The van der Waals surface area contributed by atoms with E-state index in [1.165, 1.54) is 31.2 Å². The quantitative estimate of drug-likeness (QED) is 0.396. The van der Waals surface area contributed by atoms with Crippen molar-refractivity contribution in [3.63, 3.8) is 0 Å². The van der Waals surface area contributed by atoms with Crippen LogP contribution < -0.4 is 11.1 Å². The standard InChI is InChI=1S/C16H17N3O7S/c1-16(15(25)26)10(14(23)24)19-12(22)9(13(19)27-16)18-11(21)8(17)6-2-4-7(20)5-3-6/h2-5,8-10,13,20H,17H2,1H3,(H,18,21)(H,23,24)(H,25,26)/t8-,9-,10+,13-,16?/m1/s1. The first kappa shape index (κ1) is 19.0. The number of hydrogen-bond acceptors (Lipinski definition) is 7. The van der Waals surface area contributed by atoms with Gasteiger partial charge in [0, 0.05) is 0 Å². The number of carbonyl (C=O) groups excluding carboxylic acids is 2. The molecule has 6 N–H and O–H groups in total. The topological polar surface area (TPSA) is 170 Å². The highest BCUT2D eigenvalue weighted by Crippen LogP contribution is 2.51. The van der Waals surface area contributed by atoms with E-state index in [1.807, 2.05) is 0 Å². The first-order valence-corrected chi connectivity index (χ1v) is 8.77. The fraction of sp³-hybridized carbons (Fsp3) is 0.375. The normalized spacial score (nSPS) is 30.2. The predicted molar refractivity (Wildman–Crippen MR) is 92.7 cm³/mol. The number of carboxylic acids is 2. The molecule has 2 heterocycles. The molecule has 10 nitrogen and oxygen atoms in total. The summed E-state index contributed by atoms with van der Waals surface area (Å²) < 4.78 is -1.73. The van der Waals surface area contributed by atoms with Crippen molar-refractivity contribution in [1.82, 2.24) is 10.2 Å². The number of phenols is 1. The van der Waals surface area contributed by atoms with E-state index in [9.17, 15) is 34.5 Å². The molecule has 0 saturated carbocycles. The Morgan fingerprint density at radius 3 is 2.37 bits per heavy atom. The Kier molecular flexibility index (Phi) is 4.52. The number of amides is 2. The number of nitrogens with zero attached hydrogens (tertiary/aromatic N) is 1. The molecule has 0 aromatic heterocycles. The second-order valence-corrected chi connectivity index (χ2v) is 8.03. The molecule has 0 aliphatic carbocycles. The number of rotatable bonds is 5. The Morgan fingerprint density at radius 1 is 1.26 bits per heavy atom. The molecule has 0 radical (unpaired) electrons. The van der Waals surface area contributed by atoms with Crippen LogP contribution in [0.15, 0.2) is 24.3 Å². The largest absolute Gasteiger partial charge is 0.508 e. The number of hydrogen-bond donors (Lipinski definition) is 5. The Morgan fingerprint density at radius 2 is 1.85 bits per heavy atom. The number of phenolic OH excluding ortho intramolecular Hbond substituents is 1. The average Bonchev–Trinajstić information content (AvgIpc) is 2.91. The highest BCUT2D eigenvalue weighted by molar-refractivity contribution is 8.02. The fourth-order valence-electron chi connectivity index (χ4n) is 3.20. The maximum Gasteiger partial charge on any atom is 0.328 e. The molecule has 144 valence electrons. The molecule has 27 heavy (non-hydrogen) atoms. The van der Waals surface area contributed by atoms with Crippen LogP contribution in [0.1, 0.15) is 18.5 Å². The minimum absolute atomic E-state index is 0.00574. The van der Waals surface area contributed by atoms with Crippen molar-refractivity contribution in [2.45, 2.75) is 35.2 Å². The van der Waals surface area contributed by atoms with Gasteiger partial charge in [0.2, 0.25) is 11.8 Å². The van der Waals surface area contributed by atoms with Crippen LogP contribution in [-0.4, -0.2) is 66.2 Å². The van der Waals surface area contributed by atoms with Crippen molar-refractivity contribution in [1.29, 1.82) is 0 Å². The summed E-state index contributed by atoms with van der Waals surface area (Å²) in [5.74, 6) is -4.11. The van der Waals surface area contributed by atoms with Crippen LogP contribution in [0.5, 0.6) is 5.75 Å². The van der Waals surface area contributed by atoms with Gasteiger partial charge < -0.3 is 31.3 Å². The van der Waals surface area contributed by atoms with Gasteiger partial charge in [0.25, 0.3) is 0 Å². The van der Waals surface area contributed by atoms with Gasteiger partial charge in [-0.2, -0.15) is 0 Å². The summed E-state index contributed by atoms with van der Waals surface area (Å²) in [5.41, 5.74) is 6.27. The van der Waals surface area contributed by atoms with Gasteiger partial charge in [-0.25, -0.2) is 4.79 Å². The molecule has 1 aromatic rings. The fourth-order valence-corrected chi connectivity index (χ4v) is 4.80. The molecule has 1 aromatic carbocycles. The van der Waals surface area contributed by atoms with Crippen LogP contribution >= 0.6 is 11.8 Å². The van der Waals surface area contributed by atoms with E-state index >= 15 is 0 Å². The molecular formula is C16H17N3O7S. The lowest BCUT2D eigenvalue weighted by molar-refractivity contribution is -0.164. The van der Waals surface area contributed by atoms with Crippen molar-refractivity contribution in [2.24, 2.45) is 5.73 Å². The number of benzene rings is 1. The maximum absolute atomic E-state index is 12.4. The minimum atomic E-state index is -1.73. The molecule has 2 fully saturated rings. The third-order valence-corrected chi connectivity index (χ3v) is 6.36. The number of aliphatic carboxylic acids is 2.